The summed E-state index contributed by atoms with van der Waals surface area (Å²) in [7, 11) is -8.88. The molecule has 0 saturated carbocycles. The molecule has 2 N–H and O–H groups in total. The van der Waals surface area contributed by atoms with Crippen LogP contribution in [-0.4, -0.2) is 61.9 Å². The fourth-order valence-corrected chi connectivity index (χ4v) is 7.56. The molecule has 1 aliphatic rings. The zero-order valence-corrected chi connectivity index (χ0v) is 18.7. The second kappa shape index (κ2) is 8.29. The van der Waals surface area contributed by atoms with Gasteiger partial charge in [0.1, 0.15) is 21.6 Å². The van der Waals surface area contributed by atoms with Gasteiger partial charge < -0.3 is 10.2 Å². The highest BCUT2D eigenvalue weighted by Crippen LogP contribution is 2.37. The van der Waals surface area contributed by atoms with Crippen LogP contribution in [0.5, 0.6) is 0 Å². The van der Waals surface area contributed by atoms with Crippen LogP contribution in [0.4, 0.5) is 10.1 Å². The van der Waals surface area contributed by atoms with Crippen LogP contribution >= 0.6 is 23.2 Å². The lowest BCUT2D eigenvalue weighted by atomic mass is 10.1. The summed E-state index contributed by atoms with van der Waals surface area (Å²) in [6, 6.07) is 6.33. The van der Waals surface area contributed by atoms with Crippen molar-refractivity contribution in [2.24, 2.45) is 0 Å². The third kappa shape index (κ3) is 4.17. The SMILES string of the molecule is [C-]#[N+]c1ccc(S(=O)(=O)[C@H]2CN(S(=O)(=O)c3cc(F)c(Cl)cc3Cl)C[C@@]2(O)CO)cc1. The normalized spacial score (nSPS) is 22.4. The van der Waals surface area contributed by atoms with E-state index in [9.17, 15) is 31.4 Å². The maximum atomic E-state index is 13.9. The van der Waals surface area contributed by atoms with E-state index in [4.69, 9.17) is 29.8 Å². The average Bonchev–Trinajstić information content (AvgIpc) is 3.10. The van der Waals surface area contributed by atoms with Crippen molar-refractivity contribution in [2.45, 2.75) is 20.6 Å². The van der Waals surface area contributed by atoms with E-state index in [1.165, 1.54) is 12.1 Å². The topological polar surface area (TPSA) is 116 Å². The first-order valence-electron chi connectivity index (χ1n) is 8.56. The molecule has 0 amide bonds. The number of nitrogens with zero attached hydrogens (tertiary/aromatic N) is 2. The Bertz CT molecular complexity index is 1280. The highest BCUT2D eigenvalue weighted by Gasteiger charge is 2.55. The molecular formula is C18H15Cl2FN2O6S2. The second-order valence-corrected chi connectivity index (χ2v) is 11.7. The Hall–Kier alpha value is -1.78. The third-order valence-corrected chi connectivity index (χ3v) is 9.79. The van der Waals surface area contributed by atoms with Gasteiger partial charge in [0, 0.05) is 13.1 Å². The van der Waals surface area contributed by atoms with E-state index >= 15 is 0 Å². The molecule has 0 bridgehead atoms. The van der Waals surface area contributed by atoms with Gasteiger partial charge in [-0.05, 0) is 12.1 Å². The molecular weight excluding hydrogens is 494 g/mol. The molecule has 1 fully saturated rings. The smallest absolute Gasteiger partial charge is 0.244 e. The Morgan fingerprint density at radius 3 is 2.32 bits per heavy atom. The fourth-order valence-electron chi connectivity index (χ4n) is 3.26. The lowest BCUT2D eigenvalue weighted by molar-refractivity contribution is 0.00160. The monoisotopic (exact) mass is 508 g/mol. The van der Waals surface area contributed by atoms with E-state index in [1.54, 1.807) is 0 Å². The summed E-state index contributed by atoms with van der Waals surface area (Å²) >= 11 is 11.5. The molecule has 1 heterocycles. The zero-order valence-electron chi connectivity index (χ0n) is 15.5. The maximum Gasteiger partial charge on any atom is 0.244 e. The largest absolute Gasteiger partial charge is 0.393 e. The molecule has 166 valence electrons. The molecule has 1 aliphatic heterocycles. The third-order valence-electron chi connectivity index (χ3n) is 4.95. The van der Waals surface area contributed by atoms with Crippen molar-refractivity contribution in [1.29, 1.82) is 0 Å². The highest BCUT2D eigenvalue weighted by molar-refractivity contribution is 7.92. The van der Waals surface area contributed by atoms with E-state index in [-0.39, 0.29) is 15.6 Å². The van der Waals surface area contributed by atoms with E-state index < -0.39 is 66.1 Å². The summed E-state index contributed by atoms with van der Waals surface area (Å²) in [5.74, 6) is -1.05. The minimum absolute atomic E-state index is 0.186. The van der Waals surface area contributed by atoms with Gasteiger partial charge in [0.05, 0.1) is 28.1 Å². The molecule has 2 atom stereocenters. The molecule has 0 radical (unpaired) electrons. The number of hydrogen-bond donors (Lipinski definition) is 2. The van der Waals surface area contributed by atoms with Crippen LogP contribution in [0.1, 0.15) is 0 Å². The van der Waals surface area contributed by atoms with E-state index in [0.717, 1.165) is 18.2 Å². The molecule has 0 aromatic heterocycles. The summed E-state index contributed by atoms with van der Waals surface area (Å²) in [5, 5.41) is 18.0. The van der Waals surface area contributed by atoms with Crippen LogP contribution in [-0.2, 0) is 19.9 Å². The van der Waals surface area contributed by atoms with Crippen molar-refractivity contribution < 1.29 is 31.4 Å². The van der Waals surface area contributed by atoms with Crippen LogP contribution in [0.25, 0.3) is 4.85 Å². The second-order valence-electron chi connectivity index (χ2n) is 6.90. The number of sulfone groups is 1. The Morgan fingerprint density at radius 1 is 1.16 bits per heavy atom. The lowest BCUT2D eigenvalue weighted by Gasteiger charge is -2.26. The standard InChI is InChI=1S/C18H15Cl2FN2O6S2/c1-22-11-2-4-12(5-3-11)30(26,27)17-8-23(9-18(17,25)10-24)31(28,29)16-7-15(21)13(19)6-14(16)20/h2-7,17,24-25H,8-10H2/t17-,18+/m0/s1. The number of rotatable bonds is 5. The average molecular weight is 509 g/mol. The highest BCUT2D eigenvalue weighted by atomic mass is 35.5. The van der Waals surface area contributed by atoms with Crippen molar-refractivity contribution in [3.63, 3.8) is 0 Å². The number of hydrogen-bond acceptors (Lipinski definition) is 6. The van der Waals surface area contributed by atoms with Crippen LogP contribution in [0, 0.1) is 12.4 Å². The van der Waals surface area contributed by atoms with Crippen molar-refractivity contribution in [3.8, 4) is 0 Å². The van der Waals surface area contributed by atoms with Crippen LogP contribution in [0.2, 0.25) is 10.0 Å². The Morgan fingerprint density at radius 2 is 1.77 bits per heavy atom. The van der Waals surface area contributed by atoms with Gasteiger partial charge in [-0.3, -0.25) is 0 Å². The number of β-amino-alcohol motifs (C(OH)–C–C–N with tert-alkyl or cyclic N) is 1. The van der Waals surface area contributed by atoms with E-state index in [2.05, 4.69) is 4.85 Å². The zero-order chi connectivity index (χ0) is 23.2. The molecule has 2 aromatic rings. The van der Waals surface area contributed by atoms with Crippen LogP contribution in [0.3, 0.4) is 0 Å². The van der Waals surface area contributed by atoms with Gasteiger partial charge in [0.2, 0.25) is 10.0 Å². The maximum absolute atomic E-state index is 13.9. The fraction of sp³-hybridized carbons (Fsp3) is 0.278. The number of aliphatic hydroxyl groups excluding tert-OH is 1. The number of aliphatic hydroxyl groups is 2. The summed E-state index contributed by atoms with van der Waals surface area (Å²) in [4.78, 5) is 2.25. The van der Waals surface area contributed by atoms with Gasteiger partial charge in [-0.15, -0.1) is 0 Å². The van der Waals surface area contributed by atoms with E-state index in [1.807, 2.05) is 0 Å². The van der Waals surface area contributed by atoms with Crippen molar-refractivity contribution in [1.82, 2.24) is 4.31 Å². The molecule has 3 rings (SSSR count). The van der Waals surface area contributed by atoms with Crippen molar-refractivity contribution in [2.75, 3.05) is 19.7 Å². The first kappa shape index (κ1) is 23.9. The van der Waals surface area contributed by atoms with Gasteiger partial charge in [-0.1, -0.05) is 47.5 Å². The molecule has 31 heavy (non-hydrogen) atoms. The number of sulfonamides is 1. The van der Waals surface area contributed by atoms with Crippen LogP contribution in [0.15, 0.2) is 46.2 Å². The molecule has 1 saturated heterocycles. The molecule has 2 aromatic carbocycles. The van der Waals surface area contributed by atoms with Gasteiger partial charge in [0.25, 0.3) is 0 Å². The first-order valence-corrected chi connectivity index (χ1v) is 12.3. The lowest BCUT2D eigenvalue weighted by Crippen LogP contribution is -2.49. The summed E-state index contributed by atoms with van der Waals surface area (Å²) in [6.45, 7) is 4.40. The predicted molar refractivity (Wildman–Crippen MR) is 111 cm³/mol. The first-order chi connectivity index (χ1) is 14.4. The van der Waals surface area contributed by atoms with Gasteiger partial charge in [-0.25, -0.2) is 26.1 Å². The summed E-state index contributed by atoms with van der Waals surface area (Å²) in [6.07, 6.45) is 0. The van der Waals surface area contributed by atoms with E-state index in [0.29, 0.717) is 10.4 Å². The molecule has 13 heteroatoms. The van der Waals surface area contributed by atoms with Gasteiger partial charge in [0.15, 0.2) is 15.5 Å². The van der Waals surface area contributed by atoms with Crippen LogP contribution < -0.4 is 0 Å². The van der Waals surface area contributed by atoms with Gasteiger partial charge in [-0.2, -0.15) is 4.31 Å². The molecule has 0 aliphatic carbocycles. The Kier molecular flexibility index (Phi) is 6.38. The molecule has 8 nitrogen and oxygen atoms in total. The summed E-state index contributed by atoms with van der Waals surface area (Å²) < 4.78 is 66.8. The molecule has 0 unspecified atom stereocenters. The minimum atomic E-state index is -4.55. The predicted octanol–water partition coefficient (Wildman–Crippen LogP) is 2.25. The quantitative estimate of drug-likeness (QED) is 0.472. The minimum Gasteiger partial charge on any atom is -0.393 e. The van der Waals surface area contributed by atoms with Crippen molar-refractivity contribution in [3.05, 3.63) is 63.7 Å². The van der Waals surface area contributed by atoms with Crippen molar-refractivity contribution >= 4 is 48.7 Å². The number of halogens is 3. The number of benzene rings is 2. The Balaban J connectivity index is 2.04. The van der Waals surface area contributed by atoms with Gasteiger partial charge >= 0.3 is 0 Å². The molecule has 0 spiro atoms. The Labute approximate surface area is 188 Å². The summed E-state index contributed by atoms with van der Waals surface area (Å²) in [5.41, 5.74) is -2.15.